The van der Waals surface area contributed by atoms with E-state index < -0.39 is 6.36 Å². The number of hydrogen-bond acceptors (Lipinski definition) is 4. The maximum Gasteiger partial charge on any atom is 0.573 e. The summed E-state index contributed by atoms with van der Waals surface area (Å²) >= 11 is 0. The van der Waals surface area contributed by atoms with Crippen molar-refractivity contribution in [2.45, 2.75) is 32.4 Å². The van der Waals surface area contributed by atoms with Crippen molar-refractivity contribution in [2.24, 2.45) is 0 Å². The summed E-state index contributed by atoms with van der Waals surface area (Å²) in [5.74, 6) is -0.293. The number of morpholine rings is 1. The second-order valence-corrected chi connectivity index (χ2v) is 9.01. The largest absolute Gasteiger partial charge is 0.573 e. The second kappa shape index (κ2) is 9.35. The van der Waals surface area contributed by atoms with Gasteiger partial charge in [0.25, 0.3) is 5.56 Å². The molecule has 8 heteroatoms. The van der Waals surface area contributed by atoms with Gasteiger partial charge in [0.2, 0.25) is 0 Å². The van der Waals surface area contributed by atoms with Crippen LogP contribution in [0.5, 0.6) is 5.75 Å². The lowest BCUT2D eigenvalue weighted by Crippen LogP contribution is -2.45. The second-order valence-electron chi connectivity index (χ2n) is 9.01. The van der Waals surface area contributed by atoms with Crippen LogP contribution in [0.3, 0.4) is 0 Å². The molecule has 2 atom stereocenters. The van der Waals surface area contributed by atoms with Crippen molar-refractivity contribution in [3.8, 4) is 22.6 Å². The standard InChI is InChI=1S/C28H25F3N2O3/c1-18-16-32(17-19(2)35-18)21-8-10-22(11-9-21)33-15-14-25-24(4-3-5-26(25)27(33)34)20-6-12-23(13-7-20)36-28(29,30)31/h3-15,18-19H,16-17H2,1-2H3/t18-,19+. The molecule has 0 aliphatic carbocycles. The van der Waals surface area contributed by atoms with Crippen LogP contribution in [0.25, 0.3) is 27.6 Å². The Morgan fingerprint density at radius 2 is 1.47 bits per heavy atom. The van der Waals surface area contributed by atoms with Crippen molar-refractivity contribution in [3.63, 3.8) is 0 Å². The molecular formula is C28H25F3N2O3. The van der Waals surface area contributed by atoms with Gasteiger partial charge in [-0.25, -0.2) is 0 Å². The molecule has 1 saturated heterocycles. The van der Waals surface area contributed by atoms with Crippen LogP contribution in [-0.2, 0) is 4.74 Å². The van der Waals surface area contributed by atoms with Crippen LogP contribution in [-0.4, -0.2) is 36.2 Å². The molecule has 4 aromatic rings. The molecule has 186 valence electrons. The molecule has 1 fully saturated rings. The maximum absolute atomic E-state index is 13.4. The Balaban J connectivity index is 1.45. The van der Waals surface area contributed by atoms with E-state index in [1.54, 1.807) is 35.0 Å². The van der Waals surface area contributed by atoms with Gasteiger partial charge >= 0.3 is 6.36 Å². The fourth-order valence-corrected chi connectivity index (χ4v) is 4.78. The third kappa shape index (κ3) is 4.95. The highest BCUT2D eigenvalue weighted by Gasteiger charge is 2.31. The van der Waals surface area contributed by atoms with Gasteiger partial charge in [-0.05, 0) is 78.9 Å². The normalized spacial score (nSPS) is 18.4. The summed E-state index contributed by atoms with van der Waals surface area (Å²) < 4.78 is 48.8. The summed E-state index contributed by atoms with van der Waals surface area (Å²) in [6.07, 6.45) is -2.72. The molecule has 0 amide bonds. The first kappa shape index (κ1) is 23.9. The van der Waals surface area contributed by atoms with Gasteiger partial charge in [0, 0.05) is 36.0 Å². The topological polar surface area (TPSA) is 43.7 Å². The smallest absolute Gasteiger partial charge is 0.406 e. The lowest BCUT2D eigenvalue weighted by Gasteiger charge is -2.36. The van der Waals surface area contributed by atoms with Crippen LogP contribution in [0.1, 0.15) is 13.8 Å². The first-order chi connectivity index (χ1) is 17.2. The van der Waals surface area contributed by atoms with Gasteiger partial charge in [-0.2, -0.15) is 0 Å². The monoisotopic (exact) mass is 494 g/mol. The van der Waals surface area contributed by atoms with Crippen molar-refractivity contribution in [1.82, 2.24) is 4.57 Å². The van der Waals surface area contributed by atoms with E-state index in [1.165, 1.54) is 12.1 Å². The zero-order chi connectivity index (χ0) is 25.4. The minimum atomic E-state index is -4.75. The highest BCUT2D eigenvalue weighted by molar-refractivity contribution is 5.96. The van der Waals surface area contributed by atoms with Gasteiger partial charge in [-0.3, -0.25) is 9.36 Å². The predicted octanol–water partition coefficient (Wildman–Crippen LogP) is 6.17. The Hall–Kier alpha value is -3.78. The highest BCUT2D eigenvalue weighted by atomic mass is 19.4. The Labute approximate surface area is 206 Å². The molecule has 0 unspecified atom stereocenters. The quantitative estimate of drug-likeness (QED) is 0.340. The number of pyridine rings is 1. The lowest BCUT2D eigenvalue weighted by molar-refractivity contribution is -0.274. The lowest BCUT2D eigenvalue weighted by atomic mass is 9.99. The summed E-state index contributed by atoms with van der Waals surface area (Å²) in [5.41, 5.74) is 3.09. The van der Waals surface area contributed by atoms with E-state index in [4.69, 9.17) is 4.74 Å². The number of fused-ring (bicyclic) bond motifs is 1. The summed E-state index contributed by atoms with van der Waals surface area (Å²) in [6, 6.07) is 20.7. The summed E-state index contributed by atoms with van der Waals surface area (Å²) in [4.78, 5) is 15.7. The number of halogens is 3. The molecule has 1 aliphatic rings. The highest BCUT2D eigenvalue weighted by Crippen LogP contribution is 2.31. The number of alkyl halides is 3. The third-order valence-electron chi connectivity index (χ3n) is 6.26. The summed E-state index contributed by atoms with van der Waals surface area (Å²) in [6.45, 7) is 5.74. The number of ether oxygens (including phenoxy) is 2. The first-order valence-corrected chi connectivity index (χ1v) is 11.7. The summed E-state index contributed by atoms with van der Waals surface area (Å²) in [7, 11) is 0. The van der Waals surface area contributed by atoms with E-state index in [1.807, 2.05) is 36.4 Å². The van der Waals surface area contributed by atoms with Gasteiger partial charge in [-0.1, -0.05) is 24.3 Å². The van der Waals surface area contributed by atoms with Crippen LogP contribution in [0.15, 0.2) is 83.8 Å². The van der Waals surface area contributed by atoms with Crippen LogP contribution in [0, 0.1) is 0 Å². The molecule has 0 radical (unpaired) electrons. The van der Waals surface area contributed by atoms with Gasteiger partial charge in [0.05, 0.1) is 12.2 Å². The number of nitrogens with zero attached hydrogens (tertiary/aromatic N) is 2. The fourth-order valence-electron chi connectivity index (χ4n) is 4.78. The number of aromatic nitrogens is 1. The number of benzene rings is 3. The van der Waals surface area contributed by atoms with E-state index in [9.17, 15) is 18.0 Å². The molecule has 0 N–H and O–H groups in total. The van der Waals surface area contributed by atoms with E-state index >= 15 is 0 Å². The van der Waals surface area contributed by atoms with Crippen molar-refractivity contribution in [2.75, 3.05) is 18.0 Å². The molecule has 0 spiro atoms. The molecule has 3 aromatic carbocycles. The SMILES string of the molecule is C[C@@H]1CN(c2ccc(-n3ccc4c(-c5ccc(OC(F)(F)F)cc5)cccc4c3=O)cc2)C[C@H](C)O1. The molecule has 1 aromatic heterocycles. The molecule has 36 heavy (non-hydrogen) atoms. The zero-order valence-electron chi connectivity index (χ0n) is 19.8. The molecule has 5 rings (SSSR count). The Bertz CT molecular complexity index is 1420. The van der Waals surface area contributed by atoms with Crippen molar-refractivity contribution in [1.29, 1.82) is 0 Å². The minimum Gasteiger partial charge on any atom is -0.406 e. The first-order valence-electron chi connectivity index (χ1n) is 11.7. The molecule has 0 saturated carbocycles. The third-order valence-corrected chi connectivity index (χ3v) is 6.26. The van der Waals surface area contributed by atoms with Crippen LogP contribution >= 0.6 is 0 Å². The average Bonchev–Trinajstić information content (AvgIpc) is 2.83. The van der Waals surface area contributed by atoms with Crippen LogP contribution < -0.4 is 15.2 Å². The molecule has 5 nitrogen and oxygen atoms in total. The van der Waals surface area contributed by atoms with Gasteiger partial charge < -0.3 is 14.4 Å². The van der Waals surface area contributed by atoms with Crippen molar-refractivity contribution < 1.29 is 22.6 Å². The molecular weight excluding hydrogens is 469 g/mol. The van der Waals surface area contributed by atoms with Crippen molar-refractivity contribution in [3.05, 3.63) is 89.3 Å². The van der Waals surface area contributed by atoms with Gasteiger partial charge in [-0.15, -0.1) is 13.2 Å². The van der Waals surface area contributed by atoms with Gasteiger partial charge in [0.1, 0.15) is 5.75 Å². The minimum absolute atomic E-state index is 0.152. The summed E-state index contributed by atoms with van der Waals surface area (Å²) in [5, 5.41) is 1.24. The van der Waals surface area contributed by atoms with Gasteiger partial charge in [0.15, 0.2) is 0 Å². The Morgan fingerprint density at radius 1 is 0.833 bits per heavy atom. The van der Waals surface area contributed by atoms with Crippen LogP contribution in [0.2, 0.25) is 0 Å². The number of rotatable bonds is 4. The number of hydrogen-bond donors (Lipinski definition) is 0. The molecule has 1 aliphatic heterocycles. The number of anilines is 1. The zero-order valence-corrected chi connectivity index (χ0v) is 19.8. The Morgan fingerprint density at radius 3 is 2.11 bits per heavy atom. The Kier molecular flexibility index (Phi) is 6.22. The molecule has 2 heterocycles. The molecule has 0 bridgehead atoms. The van der Waals surface area contributed by atoms with E-state index in [-0.39, 0.29) is 23.5 Å². The maximum atomic E-state index is 13.4. The van der Waals surface area contributed by atoms with Crippen molar-refractivity contribution >= 4 is 16.5 Å². The van der Waals surface area contributed by atoms with E-state index in [0.29, 0.717) is 10.9 Å². The predicted molar refractivity (Wildman–Crippen MR) is 134 cm³/mol. The van der Waals surface area contributed by atoms with E-state index in [2.05, 4.69) is 23.5 Å². The average molecular weight is 495 g/mol. The van der Waals surface area contributed by atoms with E-state index in [0.717, 1.165) is 35.4 Å². The fraction of sp³-hybridized carbons (Fsp3) is 0.250. The van der Waals surface area contributed by atoms with Crippen LogP contribution in [0.4, 0.5) is 18.9 Å².